The number of hydrogen-bond donors (Lipinski definition) is 4. The molecule has 0 heterocycles. The Morgan fingerprint density at radius 1 is 1.53 bits per heavy atom. The van der Waals surface area contributed by atoms with Crippen LogP contribution >= 0.6 is 0 Å². The molecule has 1 aromatic rings. The van der Waals surface area contributed by atoms with E-state index in [2.05, 4.69) is 15.6 Å². The summed E-state index contributed by atoms with van der Waals surface area (Å²) >= 11 is 0. The van der Waals surface area contributed by atoms with E-state index >= 15 is 0 Å². The molecule has 0 aromatic heterocycles. The van der Waals surface area contributed by atoms with E-state index < -0.39 is 4.92 Å². The smallest absolute Gasteiger partial charge is 0.278 e. The molecule has 1 rings (SSSR count). The van der Waals surface area contributed by atoms with Gasteiger partial charge in [0.2, 0.25) is 5.96 Å². The van der Waals surface area contributed by atoms with Crippen LogP contribution in [-0.4, -0.2) is 22.3 Å². The van der Waals surface area contributed by atoms with Crippen LogP contribution in [0.5, 0.6) is 0 Å². The van der Waals surface area contributed by atoms with Crippen LogP contribution in [0.3, 0.4) is 0 Å². The number of hydrogen-bond acceptors (Lipinski definition) is 6. The summed E-state index contributed by atoms with van der Waals surface area (Å²) in [5.41, 5.74) is 9.17. The van der Waals surface area contributed by atoms with Gasteiger partial charge in [0.1, 0.15) is 0 Å². The first-order valence-corrected chi connectivity index (χ1v) is 4.40. The van der Waals surface area contributed by atoms with E-state index in [4.69, 9.17) is 10.9 Å². The Bertz CT molecular complexity index is 458. The highest BCUT2D eigenvalue weighted by atomic mass is 16.6. The Labute approximate surface area is 95.7 Å². The summed E-state index contributed by atoms with van der Waals surface area (Å²) in [6.45, 7) is 0. The zero-order valence-corrected chi connectivity index (χ0v) is 8.57. The minimum Gasteiger partial charge on any atom is -0.367 e. The number of rotatable bonds is 4. The highest BCUT2D eigenvalue weighted by Crippen LogP contribution is 2.14. The molecule has 0 spiro atoms. The van der Waals surface area contributed by atoms with Crippen molar-refractivity contribution in [3.8, 4) is 0 Å². The van der Waals surface area contributed by atoms with Gasteiger partial charge in [-0.25, -0.2) is 5.43 Å². The maximum Gasteiger partial charge on any atom is 0.278 e. The van der Waals surface area contributed by atoms with E-state index in [9.17, 15) is 10.1 Å². The molecule has 0 aliphatic carbocycles. The zero-order valence-electron chi connectivity index (χ0n) is 8.57. The standard InChI is InChI=1S/C8H10N6O3/c9-8(12-13-15)11-10-5-6-3-1-2-4-7(6)14(16)17/h1-5,13,15H,(H3,9,11,12). The second-order valence-corrected chi connectivity index (χ2v) is 2.78. The van der Waals surface area contributed by atoms with Crippen molar-refractivity contribution < 1.29 is 10.1 Å². The summed E-state index contributed by atoms with van der Waals surface area (Å²) in [7, 11) is 0. The van der Waals surface area contributed by atoms with Gasteiger partial charge in [-0.15, -0.1) is 5.10 Å². The molecule has 0 unspecified atom stereocenters. The summed E-state index contributed by atoms with van der Waals surface area (Å²) < 4.78 is 0. The Kier molecular flexibility index (Phi) is 4.39. The predicted octanol–water partition coefficient (Wildman–Crippen LogP) is -0.273. The molecule has 0 radical (unpaired) electrons. The Morgan fingerprint density at radius 2 is 2.24 bits per heavy atom. The number of hydrazone groups is 2. The van der Waals surface area contributed by atoms with E-state index in [1.165, 1.54) is 23.9 Å². The predicted molar refractivity (Wildman–Crippen MR) is 60.4 cm³/mol. The van der Waals surface area contributed by atoms with Crippen LogP contribution in [0, 0.1) is 10.1 Å². The van der Waals surface area contributed by atoms with E-state index in [1.54, 1.807) is 12.1 Å². The maximum absolute atomic E-state index is 10.7. The topological polar surface area (TPSA) is 138 Å². The molecule has 0 aliphatic heterocycles. The van der Waals surface area contributed by atoms with Crippen LogP contribution in [-0.2, 0) is 0 Å². The number of nitrogens with zero attached hydrogens (tertiary/aromatic N) is 3. The first-order chi connectivity index (χ1) is 8.15. The highest BCUT2D eigenvalue weighted by molar-refractivity contribution is 5.86. The molecule has 5 N–H and O–H groups in total. The summed E-state index contributed by atoms with van der Waals surface area (Å²) in [5, 5.41) is 25.6. The van der Waals surface area contributed by atoms with Crippen molar-refractivity contribution in [3.05, 3.63) is 39.9 Å². The van der Waals surface area contributed by atoms with Crippen molar-refractivity contribution in [1.29, 1.82) is 0 Å². The van der Waals surface area contributed by atoms with Gasteiger partial charge in [0.05, 0.1) is 16.7 Å². The van der Waals surface area contributed by atoms with Crippen molar-refractivity contribution >= 4 is 17.9 Å². The van der Waals surface area contributed by atoms with Gasteiger partial charge in [-0.2, -0.15) is 10.7 Å². The van der Waals surface area contributed by atoms with Crippen molar-refractivity contribution in [2.24, 2.45) is 15.9 Å². The van der Waals surface area contributed by atoms with E-state index in [0.717, 1.165) is 0 Å². The third-order valence-corrected chi connectivity index (χ3v) is 1.69. The van der Waals surface area contributed by atoms with Crippen molar-refractivity contribution in [2.75, 3.05) is 0 Å². The summed E-state index contributed by atoms with van der Waals surface area (Å²) in [4.78, 5) is 10.1. The van der Waals surface area contributed by atoms with Gasteiger partial charge in [0, 0.05) is 6.07 Å². The van der Waals surface area contributed by atoms with Gasteiger partial charge in [-0.05, 0) is 6.07 Å². The fourth-order valence-corrected chi connectivity index (χ4v) is 1.01. The van der Waals surface area contributed by atoms with Gasteiger partial charge in [0.25, 0.3) is 5.69 Å². The number of nitrogens with two attached hydrogens (primary N) is 1. The van der Waals surface area contributed by atoms with Crippen LogP contribution in [0.15, 0.2) is 34.5 Å². The van der Waals surface area contributed by atoms with E-state index in [1.807, 2.05) is 0 Å². The molecule has 0 bridgehead atoms. The molecule has 0 aliphatic rings. The number of nitrogens with one attached hydrogen (secondary N) is 2. The number of para-hydroxylation sites is 1. The first kappa shape index (κ1) is 12.4. The lowest BCUT2D eigenvalue weighted by Crippen LogP contribution is -2.29. The lowest BCUT2D eigenvalue weighted by Gasteiger charge is -1.98. The zero-order chi connectivity index (χ0) is 12.7. The minimum absolute atomic E-state index is 0.0751. The Hall–Kier alpha value is -2.68. The molecular formula is C8H10N6O3. The normalized spacial score (nSPS) is 11.5. The largest absolute Gasteiger partial charge is 0.367 e. The summed E-state index contributed by atoms with van der Waals surface area (Å²) in [6, 6.07) is 6.07. The number of nitro groups is 1. The maximum atomic E-state index is 10.7. The second-order valence-electron chi connectivity index (χ2n) is 2.78. The molecule has 0 saturated heterocycles. The summed E-state index contributed by atoms with van der Waals surface area (Å²) in [5.74, 6) is -0.192. The molecule has 9 heteroatoms. The first-order valence-electron chi connectivity index (χ1n) is 4.40. The van der Waals surface area contributed by atoms with Gasteiger partial charge in [0.15, 0.2) is 0 Å². The number of benzene rings is 1. The average Bonchev–Trinajstić information content (AvgIpc) is 2.30. The van der Waals surface area contributed by atoms with Crippen LogP contribution in [0.4, 0.5) is 5.69 Å². The number of guanidine groups is 1. The van der Waals surface area contributed by atoms with Crippen LogP contribution in [0.1, 0.15) is 5.56 Å². The van der Waals surface area contributed by atoms with Crippen LogP contribution in [0.2, 0.25) is 0 Å². The monoisotopic (exact) mass is 238 g/mol. The lowest BCUT2D eigenvalue weighted by molar-refractivity contribution is -0.385. The number of nitro benzene ring substituents is 1. The molecule has 9 nitrogen and oxygen atoms in total. The Morgan fingerprint density at radius 3 is 2.88 bits per heavy atom. The average molecular weight is 238 g/mol. The van der Waals surface area contributed by atoms with Crippen molar-refractivity contribution in [2.45, 2.75) is 0 Å². The van der Waals surface area contributed by atoms with Crippen LogP contribution in [0.25, 0.3) is 0 Å². The molecule has 0 saturated carbocycles. The third-order valence-electron chi connectivity index (χ3n) is 1.69. The van der Waals surface area contributed by atoms with E-state index in [0.29, 0.717) is 5.56 Å². The quantitative estimate of drug-likeness (QED) is 0.246. The van der Waals surface area contributed by atoms with Crippen LogP contribution < -0.4 is 16.7 Å². The fourth-order valence-electron chi connectivity index (χ4n) is 1.01. The molecule has 90 valence electrons. The highest BCUT2D eigenvalue weighted by Gasteiger charge is 2.09. The van der Waals surface area contributed by atoms with Gasteiger partial charge in [-0.3, -0.25) is 15.3 Å². The van der Waals surface area contributed by atoms with Gasteiger partial charge < -0.3 is 5.73 Å². The molecule has 0 atom stereocenters. The van der Waals surface area contributed by atoms with Crippen molar-refractivity contribution in [3.63, 3.8) is 0 Å². The van der Waals surface area contributed by atoms with Crippen molar-refractivity contribution in [1.82, 2.24) is 11.0 Å². The van der Waals surface area contributed by atoms with Gasteiger partial charge >= 0.3 is 0 Å². The van der Waals surface area contributed by atoms with Gasteiger partial charge in [-0.1, -0.05) is 12.1 Å². The molecule has 17 heavy (non-hydrogen) atoms. The fraction of sp³-hybridized carbons (Fsp3) is 0. The Balaban J connectivity index is 2.78. The molecule has 0 fully saturated rings. The minimum atomic E-state index is -0.520. The molecule has 1 aromatic carbocycles. The van der Waals surface area contributed by atoms with E-state index in [-0.39, 0.29) is 11.6 Å². The second kappa shape index (κ2) is 6.02. The molecular weight excluding hydrogens is 228 g/mol. The molecule has 0 amide bonds. The SMILES string of the molecule is NC(=NNO)NN=Cc1ccccc1[N+](=O)[O-]. The third kappa shape index (κ3) is 3.76. The lowest BCUT2D eigenvalue weighted by atomic mass is 10.2. The summed E-state index contributed by atoms with van der Waals surface area (Å²) in [6.07, 6.45) is 1.22.